The summed E-state index contributed by atoms with van der Waals surface area (Å²) >= 11 is 0. The lowest BCUT2D eigenvalue weighted by Gasteiger charge is -2.19. The fraction of sp³-hybridized carbons (Fsp3) is 0.647. The fourth-order valence-electron chi connectivity index (χ4n) is 2.75. The van der Waals surface area contributed by atoms with Crippen LogP contribution in [-0.4, -0.2) is 43.2 Å². The normalized spacial score (nSPS) is 18.3. The number of aliphatic imine (C=N–C) groups is 1. The molecule has 0 spiro atoms. The zero-order chi connectivity index (χ0) is 16.5. The number of nitrogens with one attached hydrogen (secondary N) is 2. The number of guanidine groups is 1. The minimum Gasteiger partial charge on any atom is -0.357 e. The summed E-state index contributed by atoms with van der Waals surface area (Å²) in [7, 11) is 0. The third-order valence-electron chi connectivity index (χ3n) is 3.94. The van der Waals surface area contributed by atoms with Crippen LogP contribution in [-0.2, 0) is 0 Å². The molecule has 0 radical (unpaired) electrons. The standard InChI is InChI=1S/C17H28FN5/c1-3-5-6-10-21-17(19-4-2)22-14-9-12-23(13-14)16-15(18)8-7-11-20-16/h7-8,11,14H,3-6,9-10,12-13H2,1-2H3,(H2,19,21,22). The molecule has 128 valence electrons. The maximum absolute atomic E-state index is 13.8. The first-order chi connectivity index (χ1) is 11.2. The van der Waals surface area contributed by atoms with Crippen LogP contribution in [0.2, 0.25) is 0 Å². The predicted octanol–water partition coefficient (Wildman–Crippen LogP) is 2.54. The number of hydrogen-bond donors (Lipinski definition) is 2. The lowest BCUT2D eigenvalue weighted by molar-refractivity contribution is 0.612. The third-order valence-corrected chi connectivity index (χ3v) is 3.94. The summed E-state index contributed by atoms with van der Waals surface area (Å²) in [5, 5.41) is 6.74. The zero-order valence-corrected chi connectivity index (χ0v) is 14.2. The Morgan fingerprint density at radius 2 is 2.30 bits per heavy atom. The second-order valence-electron chi connectivity index (χ2n) is 5.85. The number of unbranched alkanes of at least 4 members (excludes halogenated alkanes) is 2. The van der Waals surface area contributed by atoms with Crippen LogP contribution in [0.25, 0.3) is 0 Å². The third kappa shape index (κ3) is 5.37. The van der Waals surface area contributed by atoms with Crippen LogP contribution in [0.15, 0.2) is 23.3 Å². The van der Waals surface area contributed by atoms with Gasteiger partial charge in [-0.3, -0.25) is 4.99 Å². The van der Waals surface area contributed by atoms with Gasteiger partial charge in [0.25, 0.3) is 0 Å². The van der Waals surface area contributed by atoms with Crippen molar-refractivity contribution in [2.45, 2.75) is 45.6 Å². The quantitative estimate of drug-likeness (QED) is 0.460. The van der Waals surface area contributed by atoms with Gasteiger partial charge in [-0.05, 0) is 31.9 Å². The molecule has 2 heterocycles. The lowest BCUT2D eigenvalue weighted by Crippen LogP contribution is -2.44. The van der Waals surface area contributed by atoms with Gasteiger partial charge in [0.2, 0.25) is 0 Å². The van der Waals surface area contributed by atoms with E-state index >= 15 is 0 Å². The van der Waals surface area contributed by atoms with Crippen LogP contribution in [0.1, 0.15) is 39.5 Å². The van der Waals surface area contributed by atoms with E-state index in [1.165, 1.54) is 18.9 Å². The fourth-order valence-corrected chi connectivity index (χ4v) is 2.75. The average molecular weight is 321 g/mol. The lowest BCUT2D eigenvalue weighted by atomic mass is 10.2. The molecule has 0 aliphatic carbocycles. The molecule has 1 aromatic heterocycles. The van der Waals surface area contributed by atoms with Gasteiger partial charge in [0.15, 0.2) is 17.6 Å². The van der Waals surface area contributed by atoms with E-state index < -0.39 is 0 Å². The van der Waals surface area contributed by atoms with Gasteiger partial charge in [-0.1, -0.05) is 19.8 Å². The first kappa shape index (κ1) is 17.5. The van der Waals surface area contributed by atoms with Gasteiger partial charge < -0.3 is 15.5 Å². The number of hydrogen-bond acceptors (Lipinski definition) is 3. The van der Waals surface area contributed by atoms with Crippen molar-refractivity contribution in [2.75, 3.05) is 31.1 Å². The summed E-state index contributed by atoms with van der Waals surface area (Å²) in [6, 6.07) is 3.35. The summed E-state index contributed by atoms with van der Waals surface area (Å²) in [6.07, 6.45) is 6.11. The Balaban J connectivity index is 1.88. The van der Waals surface area contributed by atoms with Crippen LogP contribution < -0.4 is 15.5 Å². The molecule has 0 amide bonds. The van der Waals surface area contributed by atoms with Crippen molar-refractivity contribution in [1.29, 1.82) is 0 Å². The molecule has 1 saturated heterocycles. The monoisotopic (exact) mass is 321 g/mol. The van der Waals surface area contributed by atoms with Crippen LogP contribution >= 0.6 is 0 Å². The van der Waals surface area contributed by atoms with Crippen molar-refractivity contribution in [2.24, 2.45) is 4.99 Å². The molecule has 1 fully saturated rings. The largest absolute Gasteiger partial charge is 0.357 e. The molecule has 0 aromatic carbocycles. The summed E-state index contributed by atoms with van der Waals surface area (Å²) in [6.45, 7) is 7.48. The van der Waals surface area contributed by atoms with E-state index in [4.69, 9.17) is 0 Å². The second kappa shape index (κ2) is 9.33. The van der Waals surface area contributed by atoms with Crippen LogP contribution in [0, 0.1) is 5.82 Å². The maximum Gasteiger partial charge on any atom is 0.191 e. The highest BCUT2D eigenvalue weighted by molar-refractivity contribution is 5.80. The number of halogens is 1. The Hall–Kier alpha value is -1.85. The minimum atomic E-state index is -0.256. The number of nitrogens with zero attached hydrogens (tertiary/aromatic N) is 3. The Kier molecular flexibility index (Phi) is 7.10. The molecule has 23 heavy (non-hydrogen) atoms. The highest BCUT2D eigenvalue weighted by Crippen LogP contribution is 2.20. The molecule has 5 nitrogen and oxygen atoms in total. The van der Waals surface area contributed by atoms with Crippen molar-refractivity contribution in [3.63, 3.8) is 0 Å². The highest BCUT2D eigenvalue weighted by atomic mass is 19.1. The van der Waals surface area contributed by atoms with Gasteiger partial charge in [-0.2, -0.15) is 0 Å². The molecular weight excluding hydrogens is 293 g/mol. The van der Waals surface area contributed by atoms with Gasteiger partial charge in [0.1, 0.15) is 0 Å². The predicted molar refractivity (Wildman–Crippen MR) is 93.5 cm³/mol. The minimum absolute atomic E-state index is 0.256. The molecule has 1 aromatic rings. The van der Waals surface area contributed by atoms with Gasteiger partial charge >= 0.3 is 0 Å². The number of rotatable bonds is 7. The molecule has 6 heteroatoms. The number of aromatic nitrogens is 1. The average Bonchev–Trinajstić information content (AvgIpc) is 3.00. The van der Waals surface area contributed by atoms with Crippen molar-refractivity contribution < 1.29 is 4.39 Å². The van der Waals surface area contributed by atoms with E-state index in [2.05, 4.69) is 34.5 Å². The molecule has 2 N–H and O–H groups in total. The van der Waals surface area contributed by atoms with Crippen LogP contribution in [0.4, 0.5) is 10.2 Å². The Morgan fingerprint density at radius 1 is 1.43 bits per heavy atom. The summed E-state index contributed by atoms with van der Waals surface area (Å²) in [5.74, 6) is 1.05. The topological polar surface area (TPSA) is 52.6 Å². The molecule has 1 aliphatic rings. The van der Waals surface area contributed by atoms with Gasteiger partial charge in [0, 0.05) is 38.4 Å². The first-order valence-corrected chi connectivity index (χ1v) is 8.64. The summed E-state index contributed by atoms with van der Waals surface area (Å²) in [5.41, 5.74) is 0. The van der Waals surface area contributed by atoms with Crippen molar-refractivity contribution in [1.82, 2.24) is 15.6 Å². The summed E-state index contributed by atoms with van der Waals surface area (Å²) < 4.78 is 13.8. The van der Waals surface area contributed by atoms with Gasteiger partial charge in [-0.25, -0.2) is 9.37 Å². The number of pyridine rings is 1. The van der Waals surface area contributed by atoms with E-state index in [1.807, 2.05) is 4.90 Å². The summed E-state index contributed by atoms with van der Waals surface area (Å²) in [4.78, 5) is 10.8. The van der Waals surface area contributed by atoms with Crippen LogP contribution in [0.3, 0.4) is 0 Å². The molecule has 1 unspecified atom stereocenters. The molecule has 1 atom stereocenters. The zero-order valence-electron chi connectivity index (χ0n) is 14.2. The second-order valence-corrected chi connectivity index (χ2v) is 5.85. The first-order valence-electron chi connectivity index (χ1n) is 8.64. The van der Waals surface area contributed by atoms with Crippen LogP contribution in [0.5, 0.6) is 0 Å². The van der Waals surface area contributed by atoms with E-state index in [0.29, 0.717) is 5.82 Å². The van der Waals surface area contributed by atoms with Crippen molar-refractivity contribution >= 4 is 11.8 Å². The van der Waals surface area contributed by atoms with Crippen molar-refractivity contribution in [3.8, 4) is 0 Å². The van der Waals surface area contributed by atoms with E-state index in [9.17, 15) is 4.39 Å². The van der Waals surface area contributed by atoms with E-state index in [0.717, 1.165) is 45.0 Å². The Morgan fingerprint density at radius 3 is 3.04 bits per heavy atom. The molecular formula is C17H28FN5. The SMILES string of the molecule is CCCCCN=C(NCC)NC1CCN(c2ncccc2F)C1. The maximum atomic E-state index is 13.8. The smallest absolute Gasteiger partial charge is 0.191 e. The number of anilines is 1. The van der Waals surface area contributed by atoms with E-state index in [-0.39, 0.29) is 11.9 Å². The molecule has 0 bridgehead atoms. The van der Waals surface area contributed by atoms with Crippen molar-refractivity contribution in [3.05, 3.63) is 24.1 Å². The van der Waals surface area contributed by atoms with Gasteiger partial charge in [-0.15, -0.1) is 0 Å². The molecule has 1 aliphatic heterocycles. The molecule has 0 saturated carbocycles. The van der Waals surface area contributed by atoms with E-state index in [1.54, 1.807) is 12.3 Å². The molecule has 2 rings (SSSR count). The highest BCUT2D eigenvalue weighted by Gasteiger charge is 2.25. The van der Waals surface area contributed by atoms with Gasteiger partial charge in [0.05, 0.1) is 0 Å². The Bertz CT molecular complexity index is 506. The Labute approximate surface area is 138 Å².